The average molecular weight is 458 g/mol. The molecule has 0 aromatic heterocycles. The van der Waals surface area contributed by atoms with Gasteiger partial charge < -0.3 is 9.05 Å². The molecule has 0 bridgehead atoms. The normalized spacial score (nSPS) is 12.9. The van der Waals surface area contributed by atoms with Gasteiger partial charge in [-0.05, 0) is 34.4 Å². The Kier molecular flexibility index (Phi) is 5.59. The topological polar surface area (TPSA) is 18.5 Å². The highest BCUT2D eigenvalue weighted by molar-refractivity contribution is 7.56. The van der Waals surface area contributed by atoms with Gasteiger partial charge in [-0.25, -0.2) is 0 Å². The second kappa shape index (κ2) is 9.17. The number of para-hydroxylation sites is 2. The van der Waals surface area contributed by atoms with E-state index in [-0.39, 0.29) is 0 Å². The van der Waals surface area contributed by atoms with Gasteiger partial charge in [-0.2, -0.15) is 0 Å². The summed E-state index contributed by atoms with van der Waals surface area (Å²) in [7, 11) is -1.40. The number of benzene rings is 5. The van der Waals surface area contributed by atoms with E-state index < -0.39 is 8.38 Å². The molecule has 3 heteroatoms. The molecule has 1 aliphatic rings. The highest BCUT2D eigenvalue weighted by atomic mass is 31.2. The number of fused-ring (bicyclic) bond motifs is 2. The molecule has 1 heterocycles. The summed E-state index contributed by atoms with van der Waals surface area (Å²) < 4.78 is 13.6. The van der Waals surface area contributed by atoms with Crippen molar-refractivity contribution in [2.75, 3.05) is 0 Å². The van der Waals surface area contributed by atoms with Crippen LogP contribution in [0.3, 0.4) is 0 Å². The van der Waals surface area contributed by atoms with Gasteiger partial charge in [0.1, 0.15) is 11.5 Å². The average Bonchev–Trinajstić information content (AvgIpc) is 2.90. The largest absolute Gasteiger partial charge is 0.434 e. The molecule has 0 aliphatic carbocycles. The van der Waals surface area contributed by atoms with E-state index in [2.05, 4.69) is 97.1 Å². The van der Waals surface area contributed by atoms with Crippen LogP contribution in [0.5, 0.6) is 11.5 Å². The lowest BCUT2D eigenvalue weighted by Gasteiger charge is -2.28. The molecule has 6 rings (SSSR count). The standard InChI is InChI=1S/C31H23O2P/c1-4-12-23(13-5-1)28-20-10-16-25-22-26-17-11-21-29(24-14-6-2-7-15-24)31(26)33-34(32-30(25)28)27-18-8-3-9-19-27/h1-21H,22H2. The summed E-state index contributed by atoms with van der Waals surface area (Å²) in [4.78, 5) is 0. The van der Waals surface area contributed by atoms with Gasteiger partial charge in [-0.3, -0.25) is 0 Å². The van der Waals surface area contributed by atoms with Gasteiger partial charge in [-0.15, -0.1) is 0 Å². The van der Waals surface area contributed by atoms with Crippen LogP contribution in [0.1, 0.15) is 11.1 Å². The summed E-state index contributed by atoms with van der Waals surface area (Å²) in [6.45, 7) is 0. The zero-order valence-corrected chi connectivity index (χ0v) is 19.5. The summed E-state index contributed by atoms with van der Waals surface area (Å²) in [6, 6.07) is 44.0. The highest BCUT2D eigenvalue weighted by Gasteiger charge is 2.28. The predicted octanol–water partition coefficient (Wildman–Crippen LogP) is 8.02. The molecule has 34 heavy (non-hydrogen) atoms. The van der Waals surface area contributed by atoms with Crippen molar-refractivity contribution in [2.24, 2.45) is 0 Å². The molecule has 0 radical (unpaired) electrons. The summed E-state index contributed by atoms with van der Waals surface area (Å²) >= 11 is 0. The number of rotatable bonds is 3. The highest BCUT2D eigenvalue weighted by Crippen LogP contribution is 2.50. The third-order valence-corrected chi connectivity index (χ3v) is 7.48. The summed E-state index contributed by atoms with van der Waals surface area (Å²) in [5.74, 6) is 1.80. The lowest BCUT2D eigenvalue weighted by Crippen LogP contribution is -2.14. The van der Waals surface area contributed by atoms with Crippen molar-refractivity contribution in [3.63, 3.8) is 0 Å². The SMILES string of the molecule is c1ccc(-c2cccc3c2OP(c2ccccc2)Oc2c(cccc2-c2ccccc2)C3)cc1. The molecule has 0 unspecified atom stereocenters. The molecule has 0 atom stereocenters. The van der Waals surface area contributed by atoms with E-state index in [4.69, 9.17) is 9.05 Å². The number of hydrogen-bond acceptors (Lipinski definition) is 2. The van der Waals surface area contributed by atoms with Gasteiger partial charge in [0.25, 0.3) is 0 Å². The molecule has 1 aliphatic heterocycles. The second-order valence-corrected chi connectivity index (χ2v) is 9.67. The fraction of sp³-hybridized carbons (Fsp3) is 0.0323. The van der Waals surface area contributed by atoms with Crippen LogP contribution in [-0.2, 0) is 6.42 Å². The lowest BCUT2D eigenvalue weighted by molar-refractivity contribution is 0.490. The van der Waals surface area contributed by atoms with Gasteiger partial charge in [-0.1, -0.05) is 115 Å². The smallest absolute Gasteiger partial charge is 0.326 e. The molecule has 0 spiro atoms. The van der Waals surface area contributed by atoms with Crippen molar-refractivity contribution < 1.29 is 9.05 Å². The van der Waals surface area contributed by atoms with Crippen LogP contribution >= 0.6 is 8.38 Å². The minimum absolute atomic E-state index is 0.740. The monoisotopic (exact) mass is 458 g/mol. The van der Waals surface area contributed by atoms with Gasteiger partial charge in [0, 0.05) is 17.5 Å². The van der Waals surface area contributed by atoms with Crippen LogP contribution in [0, 0.1) is 0 Å². The Bertz CT molecular complexity index is 1330. The molecule has 5 aromatic carbocycles. The van der Waals surface area contributed by atoms with Crippen LogP contribution in [0.2, 0.25) is 0 Å². The van der Waals surface area contributed by atoms with Crippen LogP contribution < -0.4 is 14.4 Å². The Hall–Kier alpha value is -3.87. The minimum Gasteiger partial charge on any atom is -0.434 e. The first-order valence-electron chi connectivity index (χ1n) is 11.4. The predicted molar refractivity (Wildman–Crippen MR) is 141 cm³/mol. The lowest BCUT2D eigenvalue weighted by atomic mass is 9.95. The third-order valence-electron chi connectivity index (χ3n) is 6.06. The maximum atomic E-state index is 6.80. The fourth-order valence-corrected chi connectivity index (χ4v) is 5.83. The molecule has 0 saturated carbocycles. The molecule has 0 fully saturated rings. The van der Waals surface area contributed by atoms with Crippen LogP contribution in [0.4, 0.5) is 0 Å². The van der Waals surface area contributed by atoms with Crippen molar-refractivity contribution in [3.05, 3.63) is 139 Å². The summed E-state index contributed by atoms with van der Waals surface area (Å²) in [6.07, 6.45) is 0.740. The maximum absolute atomic E-state index is 6.80. The number of hydrogen-bond donors (Lipinski definition) is 0. The third kappa shape index (κ3) is 3.98. The Labute approximate surface area is 201 Å². The first kappa shape index (κ1) is 20.7. The van der Waals surface area contributed by atoms with E-state index in [1.165, 1.54) is 11.1 Å². The molecule has 2 nitrogen and oxygen atoms in total. The maximum Gasteiger partial charge on any atom is 0.326 e. The molecule has 5 aromatic rings. The Morgan fingerprint density at radius 1 is 0.441 bits per heavy atom. The van der Waals surface area contributed by atoms with Crippen molar-refractivity contribution >= 4 is 13.7 Å². The van der Waals surface area contributed by atoms with E-state index in [1.54, 1.807) is 0 Å². The first-order chi connectivity index (χ1) is 16.9. The van der Waals surface area contributed by atoms with Gasteiger partial charge >= 0.3 is 8.38 Å². The van der Waals surface area contributed by atoms with E-state index in [0.717, 1.165) is 45.5 Å². The van der Waals surface area contributed by atoms with Crippen molar-refractivity contribution in [3.8, 4) is 33.8 Å². The van der Waals surface area contributed by atoms with Gasteiger partial charge in [0.15, 0.2) is 0 Å². The molecular weight excluding hydrogens is 435 g/mol. The van der Waals surface area contributed by atoms with Crippen molar-refractivity contribution in [1.82, 2.24) is 0 Å². The van der Waals surface area contributed by atoms with Crippen molar-refractivity contribution in [1.29, 1.82) is 0 Å². The molecule has 0 amide bonds. The van der Waals surface area contributed by atoms with E-state index in [0.29, 0.717) is 0 Å². The Balaban J connectivity index is 1.56. The van der Waals surface area contributed by atoms with Gasteiger partial charge in [0.2, 0.25) is 0 Å². The van der Waals surface area contributed by atoms with E-state index in [9.17, 15) is 0 Å². The van der Waals surface area contributed by atoms with Crippen LogP contribution in [-0.4, -0.2) is 0 Å². The summed E-state index contributed by atoms with van der Waals surface area (Å²) in [5, 5.41) is 1.04. The summed E-state index contributed by atoms with van der Waals surface area (Å²) in [5.41, 5.74) is 6.79. The fourth-order valence-electron chi connectivity index (χ4n) is 4.40. The zero-order valence-electron chi connectivity index (χ0n) is 18.6. The van der Waals surface area contributed by atoms with Gasteiger partial charge in [0.05, 0.1) is 5.30 Å². The van der Waals surface area contributed by atoms with Crippen LogP contribution in [0.15, 0.2) is 127 Å². The van der Waals surface area contributed by atoms with E-state index >= 15 is 0 Å². The van der Waals surface area contributed by atoms with Crippen molar-refractivity contribution in [2.45, 2.75) is 6.42 Å². The molecule has 0 N–H and O–H groups in total. The first-order valence-corrected chi connectivity index (χ1v) is 12.6. The second-order valence-electron chi connectivity index (χ2n) is 8.27. The quantitative estimate of drug-likeness (QED) is 0.255. The molecule has 164 valence electrons. The Morgan fingerprint density at radius 3 is 1.35 bits per heavy atom. The zero-order chi connectivity index (χ0) is 22.7. The minimum atomic E-state index is -1.40. The molecular formula is C31H23O2P. The van der Waals surface area contributed by atoms with Crippen LogP contribution in [0.25, 0.3) is 22.3 Å². The Morgan fingerprint density at radius 2 is 0.882 bits per heavy atom. The van der Waals surface area contributed by atoms with E-state index in [1.807, 2.05) is 30.3 Å². The molecule has 0 saturated heterocycles.